The second-order valence-electron chi connectivity index (χ2n) is 2.82. The standard InChI is InChI=1S/C12H13FO/c1-3-6-10-7-5-8-11(13)12(10)14-9-4-2/h3-5,7-8H,1-2,6,9H2. The minimum atomic E-state index is -0.341. The summed E-state index contributed by atoms with van der Waals surface area (Å²) >= 11 is 0. The summed E-state index contributed by atoms with van der Waals surface area (Å²) < 4.78 is 18.5. The highest BCUT2D eigenvalue weighted by Gasteiger charge is 2.07. The van der Waals surface area contributed by atoms with Crippen LogP contribution < -0.4 is 4.74 Å². The Bertz CT molecular complexity index is 331. The molecule has 0 bridgehead atoms. The Balaban J connectivity index is 2.95. The van der Waals surface area contributed by atoms with Crippen molar-refractivity contribution in [2.75, 3.05) is 6.61 Å². The van der Waals surface area contributed by atoms with E-state index in [2.05, 4.69) is 13.2 Å². The first kappa shape index (κ1) is 10.5. The fourth-order valence-corrected chi connectivity index (χ4v) is 1.17. The van der Waals surface area contributed by atoms with Gasteiger partial charge in [-0.1, -0.05) is 30.9 Å². The van der Waals surface area contributed by atoms with E-state index in [1.807, 2.05) is 6.07 Å². The monoisotopic (exact) mass is 192 g/mol. The molecule has 0 aliphatic heterocycles. The van der Waals surface area contributed by atoms with Gasteiger partial charge in [0.25, 0.3) is 0 Å². The van der Waals surface area contributed by atoms with Crippen molar-refractivity contribution in [1.29, 1.82) is 0 Å². The molecule has 0 heterocycles. The molecule has 0 aliphatic rings. The SMILES string of the molecule is C=CCOc1c(F)cccc1CC=C. The van der Waals surface area contributed by atoms with Gasteiger partial charge in [-0.3, -0.25) is 0 Å². The predicted molar refractivity (Wildman–Crippen MR) is 56.0 cm³/mol. The fourth-order valence-electron chi connectivity index (χ4n) is 1.17. The summed E-state index contributed by atoms with van der Waals surface area (Å²) in [5, 5.41) is 0. The molecule has 1 rings (SSSR count). The van der Waals surface area contributed by atoms with Crippen LogP contribution in [0, 0.1) is 5.82 Å². The third kappa shape index (κ3) is 2.46. The molecule has 0 saturated heterocycles. The number of hydrogen-bond donors (Lipinski definition) is 0. The molecule has 0 amide bonds. The van der Waals surface area contributed by atoms with Crippen LogP contribution in [0.4, 0.5) is 4.39 Å². The molecule has 0 atom stereocenters. The maximum Gasteiger partial charge on any atom is 0.165 e. The Kier molecular flexibility index (Phi) is 3.92. The van der Waals surface area contributed by atoms with Gasteiger partial charge in [0.15, 0.2) is 11.6 Å². The van der Waals surface area contributed by atoms with Crippen LogP contribution in [0.1, 0.15) is 5.56 Å². The van der Waals surface area contributed by atoms with Crippen molar-refractivity contribution >= 4 is 0 Å². The van der Waals surface area contributed by atoms with Crippen LogP contribution in [0.3, 0.4) is 0 Å². The largest absolute Gasteiger partial charge is 0.486 e. The van der Waals surface area contributed by atoms with Crippen LogP contribution in [-0.2, 0) is 6.42 Å². The maximum atomic E-state index is 13.3. The minimum Gasteiger partial charge on any atom is -0.486 e. The zero-order valence-electron chi connectivity index (χ0n) is 8.00. The summed E-state index contributed by atoms with van der Waals surface area (Å²) in [6.07, 6.45) is 3.91. The van der Waals surface area contributed by atoms with E-state index in [0.29, 0.717) is 18.8 Å². The zero-order chi connectivity index (χ0) is 10.4. The highest BCUT2D eigenvalue weighted by molar-refractivity contribution is 5.36. The summed E-state index contributed by atoms with van der Waals surface area (Å²) in [6.45, 7) is 7.43. The van der Waals surface area contributed by atoms with Gasteiger partial charge in [-0.2, -0.15) is 0 Å². The van der Waals surface area contributed by atoms with Gasteiger partial charge in [0.05, 0.1) is 0 Å². The molecule has 1 nitrogen and oxygen atoms in total. The minimum absolute atomic E-state index is 0.298. The summed E-state index contributed by atoms with van der Waals surface area (Å²) in [5.41, 5.74) is 0.807. The molecule has 0 saturated carbocycles. The van der Waals surface area contributed by atoms with E-state index in [0.717, 1.165) is 5.56 Å². The third-order valence-corrected chi connectivity index (χ3v) is 1.76. The van der Waals surface area contributed by atoms with Gasteiger partial charge >= 0.3 is 0 Å². The van der Waals surface area contributed by atoms with E-state index in [4.69, 9.17) is 4.74 Å². The fraction of sp³-hybridized carbons (Fsp3) is 0.167. The van der Waals surface area contributed by atoms with Crippen LogP contribution >= 0.6 is 0 Å². The highest BCUT2D eigenvalue weighted by atomic mass is 19.1. The van der Waals surface area contributed by atoms with Gasteiger partial charge < -0.3 is 4.74 Å². The molecule has 0 N–H and O–H groups in total. The summed E-state index contributed by atoms with van der Waals surface area (Å²) in [5.74, 6) is -0.0431. The van der Waals surface area contributed by atoms with Crippen molar-refractivity contribution in [1.82, 2.24) is 0 Å². The number of ether oxygens (including phenoxy) is 1. The molecule has 74 valence electrons. The zero-order valence-corrected chi connectivity index (χ0v) is 8.00. The average Bonchev–Trinajstić information content (AvgIpc) is 2.18. The number of allylic oxidation sites excluding steroid dienone is 1. The lowest BCUT2D eigenvalue weighted by Gasteiger charge is -2.09. The smallest absolute Gasteiger partial charge is 0.165 e. The first-order valence-electron chi connectivity index (χ1n) is 4.41. The highest BCUT2D eigenvalue weighted by Crippen LogP contribution is 2.23. The van der Waals surface area contributed by atoms with Crippen LogP contribution in [0.5, 0.6) is 5.75 Å². The molecule has 2 heteroatoms. The van der Waals surface area contributed by atoms with E-state index >= 15 is 0 Å². The van der Waals surface area contributed by atoms with Crippen LogP contribution in [-0.4, -0.2) is 6.61 Å². The second kappa shape index (κ2) is 5.22. The Labute approximate surface area is 83.5 Å². The van der Waals surface area contributed by atoms with Crippen molar-refractivity contribution < 1.29 is 9.13 Å². The molecule has 0 fully saturated rings. The summed E-state index contributed by atoms with van der Waals surface area (Å²) in [6, 6.07) is 4.86. The van der Waals surface area contributed by atoms with E-state index in [1.54, 1.807) is 18.2 Å². The van der Waals surface area contributed by atoms with Crippen LogP contribution in [0.25, 0.3) is 0 Å². The van der Waals surface area contributed by atoms with E-state index in [1.165, 1.54) is 6.07 Å². The molecule has 14 heavy (non-hydrogen) atoms. The molecule has 1 aromatic carbocycles. The van der Waals surface area contributed by atoms with Gasteiger partial charge in [-0.05, 0) is 12.5 Å². The Hall–Kier alpha value is -1.57. The summed E-state index contributed by atoms with van der Waals surface area (Å²) in [7, 11) is 0. The van der Waals surface area contributed by atoms with E-state index < -0.39 is 0 Å². The Morgan fingerprint density at radius 1 is 1.29 bits per heavy atom. The molecule has 0 unspecified atom stereocenters. The van der Waals surface area contributed by atoms with Crippen molar-refractivity contribution in [3.8, 4) is 5.75 Å². The van der Waals surface area contributed by atoms with Crippen LogP contribution in [0.15, 0.2) is 43.5 Å². The molecular formula is C12H13FO. The Morgan fingerprint density at radius 2 is 2.07 bits per heavy atom. The molecule has 0 spiro atoms. The average molecular weight is 192 g/mol. The normalized spacial score (nSPS) is 9.50. The van der Waals surface area contributed by atoms with E-state index in [9.17, 15) is 4.39 Å². The van der Waals surface area contributed by atoms with Crippen molar-refractivity contribution in [2.45, 2.75) is 6.42 Å². The van der Waals surface area contributed by atoms with E-state index in [-0.39, 0.29) is 5.82 Å². The molecule has 0 radical (unpaired) electrons. The number of rotatable bonds is 5. The maximum absolute atomic E-state index is 13.3. The first-order valence-corrected chi connectivity index (χ1v) is 4.41. The number of hydrogen-bond acceptors (Lipinski definition) is 1. The van der Waals surface area contributed by atoms with Crippen molar-refractivity contribution in [3.63, 3.8) is 0 Å². The summed E-state index contributed by atoms with van der Waals surface area (Å²) in [4.78, 5) is 0. The molecule has 0 aliphatic carbocycles. The quantitative estimate of drug-likeness (QED) is 0.651. The third-order valence-electron chi connectivity index (χ3n) is 1.76. The predicted octanol–water partition coefficient (Wildman–Crippen LogP) is 3.12. The molecule has 0 aromatic heterocycles. The van der Waals surface area contributed by atoms with Crippen molar-refractivity contribution in [3.05, 3.63) is 54.9 Å². The first-order chi connectivity index (χ1) is 6.79. The molecule has 1 aromatic rings. The number of halogens is 1. The van der Waals surface area contributed by atoms with Crippen molar-refractivity contribution in [2.24, 2.45) is 0 Å². The van der Waals surface area contributed by atoms with Gasteiger partial charge in [0.2, 0.25) is 0 Å². The van der Waals surface area contributed by atoms with Gasteiger partial charge in [-0.15, -0.1) is 6.58 Å². The van der Waals surface area contributed by atoms with Crippen LogP contribution in [0.2, 0.25) is 0 Å². The van der Waals surface area contributed by atoms with Gasteiger partial charge in [0, 0.05) is 5.56 Å². The lowest BCUT2D eigenvalue weighted by Crippen LogP contribution is -1.99. The second-order valence-corrected chi connectivity index (χ2v) is 2.82. The number of para-hydroxylation sites is 1. The topological polar surface area (TPSA) is 9.23 Å². The lowest BCUT2D eigenvalue weighted by molar-refractivity contribution is 0.338. The van der Waals surface area contributed by atoms with Gasteiger partial charge in [-0.25, -0.2) is 4.39 Å². The Morgan fingerprint density at radius 3 is 2.71 bits per heavy atom. The number of benzene rings is 1. The van der Waals surface area contributed by atoms with Gasteiger partial charge in [0.1, 0.15) is 6.61 Å². The molecular weight excluding hydrogens is 179 g/mol. The lowest BCUT2D eigenvalue weighted by atomic mass is 10.1.